The fourth-order valence-electron chi connectivity index (χ4n) is 1.84. The van der Waals surface area contributed by atoms with Crippen LogP contribution in [-0.4, -0.2) is 9.97 Å². The lowest BCUT2D eigenvalue weighted by Crippen LogP contribution is -2.14. The molecule has 3 nitrogen and oxygen atoms in total. The maximum atomic E-state index is 12.0. The van der Waals surface area contributed by atoms with Crippen LogP contribution in [0.1, 0.15) is 31.3 Å². The monoisotopic (exact) mass is 340 g/mol. The van der Waals surface area contributed by atoms with Gasteiger partial charge in [0, 0.05) is 4.88 Å². The number of aryl methyl sites for hydroxylation is 1. The van der Waals surface area contributed by atoms with Gasteiger partial charge in [-0.1, -0.05) is 20.8 Å². The van der Waals surface area contributed by atoms with Gasteiger partial charge in [-0.15, -0.1) is 11.3 Å². The number of halogens is 1. The molecule has 1 N–H and O–H groups in total. The topological polar surface area (TPSA) is 45.8 Å². The number of hydrogen-bond acceptors (Lipinski definition) is 3. The van der Waals surface area contributed by atoms with E-state index < -0.39 is 0 Å². The second kappa shape index (κ2) is 6.01. The molecule has 0 aromatic carbocycles. The average Bonchev–Trinajstić information content (AvgIpc) is 2.82. The van der Waals surface area contributed by atoms with Crippen molar-refractivity contribution in [3.8, 4) is 10.7 Å². The van der Waals surface area contributed by atoms with Gasteiger partial charge in [-0.05, 0) is 46.8 Å². The Morgan fingerprint density at radius 2 is 2.16 bits per heavy atom. The highest BCUT2D eigenvalue weighted by Crippen LogP contribution is 2.26. The van der Waals surface area contributed by atoms with Gasteiger partial charge in [-0.2, -0.15) is 0 Å². The van der Waals surface area contributed by atoms with Crippen LogP contribution < -0.4 is 5.56 Å². The summed E-state index contributed by atoms with van der Waals surface area (Å²) in [5.41, 5.74) is 0.729. The number of aromatic amines is 1. The van der Waals surface area contributed by atoms with Gasteiger partial charge in [0.1, 0.15) is 4.47 Å². The first kappa shape index (κ1) is 14.5. The van der Waals surface area contributed by atoms with E-state index in [-0.39, 0.29) is 5.56 Å². The van der Waals surface area contributed by atoms with Crippen LogP contribution in [0.3, 0.4) is 0 Å². The SMILES string of the molecule is CCc1ccc(-c2nc(CC(C)C)c(Br)c(=O)[nH]2)s1. The van der Waals surface area contributed by atoms with Crippen molar-refractivity contribution in [1.82, 2.24) is 9.97 Å². The van der Waals surface area contributed by atoms with Crippen molar-refractivity contribution >= 4 is 27.3 Å². The number of nitrogens with zero attached hydrogens (tertiary/aromatic N) is 1. The third kappa shape index (κ3) is 3.34. The molecule has 0 saturated heterocycles. The molecule has 0 fully saturated rings. The van der Waals surface area contributed by atoms with E-state index in [1.54, 1.807) is 11.3 Å². The Morgan fingerprint density at radius 1 is 1.42 bits per heavy atom. The summed E-state index contributed by atoms with van der Waals surface area (Å²) >= 11 is 5.01. The summed E-state index contributed by atoms with van der Waals surface area (Å²) in [7, 11) is 0. The molecule has 0 aliphatic heterocycles. The Labute approximate surface area is 125 Å². The van der Waals surface area contributed by atoms with Crippen LogP contribution in [0.4, 0.5) is 0 Å². The number of H-pyrrole nitrogens is 1. The lowest BCUT2D eigenvalue weighted by atomic mass is 10.1. The molecule has 2 aromatic heterocycles. The van der Waals surface area contributed by atoms with Crippen molar-refractivity contribution in [2.45, 2.75) is 33.6 Å². The molecule has 102 valence electrons. The van der Waals surface area contributed by atoms with Crippen LogP contribution in [0.5, 0.6) is 0 Å². The Kier molecular flexibility index (Phi) is 4.58. The van der Waals surface area contributed by atoms with E-state index in [1.165, 1.54) is 4.88 Å². The van der Waals surface area contributed by atoms with E-state index in [9.17, 15) is 4.79 Å². The zero-order chi connectivity index (χ0) is 14.0. The molecule has 0 unspecified atom stereocenters. The van der Waals surface area contributed by atoms with Crippen LogP contribution in [-0.2, 0) is 12.8 Å². The number of aromatic nitrogens is 2. The number of thiophene rings is 1. The van der Waals surface area contributed by atoms with Crippen LogP contribution in [0.2, 0.25) is 0 Å². The Morgan fingerprint density at radius 3 is 2.74 bits per heavy atom. The lowest BCUT2D eigenvalue weighted by Gasteiger charge is -2.07. The predicted octanol–water partition coefficient (Wildman–Crippen LogP) is 4.02. The van der Waals surface area contributed by atoms with Gasteiger partial charge >= 0.3 is 0 Å². The highest BCUT2D eigenvalue weighted by Gasteiger charge is 2.12. The van der Waals surface area contributed by atoms with E-state index in [4.69, 9.17) is 0 Å². The van der Waals surface area contributed by atoms with Crippen molar-refractivity contribution in [3.05, 3.63) is 37.5 Å². The summed E-state index contributed by atoms with van der Waals surface area (Å²) < 4.78 is 0.553. The molecule has 0 bridgehead atoms. The third-order valence-electron chi connectivity index (χ3n) is 2.78. The predicted molar refractivity (Wildman–Crippen MR) is 83.8 cm³/mol. The minimum atomic E-state index is -0.105. The van der Waals surface area contributed by atoms with E-state index in [2.05, 4.69) is 52.7 Å². The van der Waals surface area contributed by atoms with Gasteiger partial charge in [-0.3, -0.25) is 4.79 Å². The molecule has 0 aliphatic carbocycles. The largest absolute Gasteiger partial charge is 0.305 e. The van der Waals surface area contributed by atoms with Crippen molar-refractivity contribution in [3.63, 3.8) is 0 Å². The fraction of sp³-hybridized carbons (Fsp3) is 0.429. The van der Waals surface area contributed by atoms with Crippen molar-refractivity contribution in [2.75, 3.05) is 0 Å². The summed E-state index contributed by atoms with van der Waals surface area (Å²) in [5, 5.41) is 0. The minimum absolute atomic E-state index is 0.105. The van der Waals surface area contributed by atoms with Gasteiger partial charge in [0.05, 0.1) is 10.6 Å². The van der Waals surface area contributed by atoms with Gasteiger partial charge in [0.15, 0.2) is 5.82 Å². The van der Waals surface area contributed by atoms with Crippen LogP contribution in [0.15, 0.2) is 21.4 Å². The highest BCUT2D eigenvalue weighted by atomic mass is 79.9. The molecule has 2 heterocycles. The normalized spacial score (nSPS) is 11.2. The summed E-state index contributed by atoms with van der Waals surface area (Å²) in [4.78, 5) is 21.7. The molecule has 0 radical (unpaired) electrons. The molecule has 2 aromatic rings. The molecule has 5 heteroatoms. The van der Waals surface area contributed by atoms with Gasteiger partial charge < -0.3 is 4.98 Å². The Hall–Kier alpha value is -0.940. The summed E-state index contributed by atoms with van der Waals surface area (Å²) in [6.07, 6.45) is 1.80. The van der Waals surface area contributed by atoms with Crippen LogP contribution >= 0.6 is 27.3 Å². The average molecular weight is 341 g/mol. The van der Waals surface area contributed by atoms with Crippen LogP contribution in [0, 0.1) is 5.92 Å². The zero-order valence-electron chi connectivity index (χ0n) is 11.3. The number of rotatable bonds is 4. The lowest BCUT2D eigenvalue weighted by molar-refractivity contribution is 0.631. The van der Waals surface area contributed by atoms with Crippen molar-refractivity contribution in [1.29, 1.82) is 0 Å². The highest BCUT2D eigenvalue weighted by molar-refractivity contribution is 9.10. The van der Waals surface area contributed by atoms with Gasteiger partial charge in [-0.25, -0.2) is 4.98 Å². The summed E-state index contributed by atoms with van der Waals surface area (Å²) in [5.74, 6) is 1.14. The zero-order valence-corrected chi connectivity index (χ0v) is 13.7. The summed E-state index contributed by atoms with van der Waals surface area (Å²) in [6, 6.07) is 4.11. The number of hydrogen-bond donors (Lipinski definition) is 1. The molecule has 0 amide bonds. The molecule has 19 heavy (non-hydrogen) atoms. The van der Waals surface area contributed by atoms with E-state index in [0.29, 0.717) is 16.2 Å². The quantitative estimate of drug-likeness (QED) is 0.913. The fourth-order valence-corrected chi connectivity index (χ4v) is 3.08. The standard InChI is InChI=1S/C14H17BrN2OS/c1-4-9-5-6-11(19-9)13-16-10(7-8(2)3)12(15)14(18)17-13/h5-6,8H,4,7H2,1-3H3,(H,16,17,18). The molecule has 0 aliphatic rings. The van der Waals surface area contributed by atoms with Gasteiger partial charge in [0.2, 0.25) is 0 Å². The third-order valence-corrected chi connectivity index (χ3v) is 4.83. The Bertz CT molecular complexity index is 631. The van der Waals surface area contributed by atoms with E-state index in [0.717, 1.165) is 23.4 Å². The molecule has 0 spiro atoms. The second-order valence-electron chi connectivity index (χ2n) is 4.89. The molecule has 2 rings (SSSR count). The molecular weight excluding hydrogens is 324 g/mol. The van der Waals surface area contributed by atoms with E-state index in [1.807, 2.05) is 6.07 Å². The maximum Gasteiger partial charge on any atom is 0.265 e. The molecule has 0 atom stereocenters. The first-order valence-corrected chi connectivity index (χ1v) is 8.00. The van der Waals surface area contributed by atoms with Crippen molar-refractivity contribution in [2.24, 2.45) is 5.92 Å². The smallest absolute Gasteiger partial charge is 0.265 e. The molecular formula is C14H17BrN2OS. The summed E-state index contributed by atoms with van der Waals surface area (Å²) in [6.45, 7) is 6.36. The van der Waals surface area contributed by atoms with Gasteiger partial charge in [0.25, 0.3) is 5.56 Å². The first-order chi connectivity index (χ1) is 9.01. The van der Waals surface area contributed by atoms with Crippen LogP contribution in [0.25, 0.3) is 10.7 Å². The minimum Gasteiger partial charge on any atom is -0.305 e. The second-order valence-corrected chi connectivity index (χ2v) is 6.85. The maximum absolute atomic E-state index is 12.0. The van der Waals surface area contributed by atoms with E-state index >= 15 is 0 Å². The molecule has 0 saturated carbocycles. The first-order valence-electron chi connectivity index (χ1n) is 6.39. The van der Waals surface area contributed by atoms with Crippen molar-refractivity contribution < 1.29 is 0 Å². The Balaban J connectivity index is 2.46. The number of nitrogens with one attached hydrogen (secondary N) is 1.